The van der Waals surface area contributed by atoms with Gasteiger partial charge in [0.25, 0.3) is 0 Å². The Kier molecular flexibility index (Phi) is 4.21. The number of hydrogen-bond donors (Lipinski definition) is 2. The van der Waals surface area contributed by atoms with Crippen molar-refractivity contribution in [1.29, 1.82) is 0 Å². The van der Waals surface area contributed by atoms with Crippen molar-refractivity contribution in [3.63, 3.8) is 0 Å². The van der Waals surface area contributed by atoms with Gasteiger partial charge in [-0.15, -0.1) is 0 Å². The van der Waals surface area contributed by atoms with Gasteiger partial charge in [0.15, 0.2) is 11.5 Å². The lowest BCUT2D eigenvalue weighted by Crippen LogP contribution is -2.11. The number of hydrogen-bond acceptors (Lipinski definition) is 7. The van der Waals surface area contributed by atoms with Crippen molar-refractivity contribution >= 4 is 5.95 Å². The highest BCUT2D eigenvalue weighted by Crippen LogP contribution is 2.40. The van der Waals surface area contributed by atoms with Gasteiger partial charge in [0.05, 0.1) is 14.2 Å². The van der Waals surface area contributed by atoms with E-state index < -0.39 is 0 Å². The average Bonchev–Trinajstić information content (AvgIpc) is 2.49. The molecule has 0 amide bonds. The Bertz CT molecular complexity index is 582. The molecule has 0 atom stereocenters. The fraction of sp³-hybridized carbons (Fsp3) is 0.231. The van der Waals surface area contributed by atoms with Crippen LogP contribution in [0.2, 0.25) is 0 Å². The van der Waals surface area contributed by atoms with E-state index in [2.05, 4.69) is 15.4 Å². The second-order valence-electron chi connectivity index (χ2n) is 3.92. The molecule has 0 radical (unpaired) electrons. The molecule has 0 bridgehead atoms. The van der Waals surface area contributed by atoms with Crippen LogP contribution in [0.15, 0.2) is 24.4 Å². The molecule has 0 saturated carbocycles. The molecule has 1 heterocycles. The van der Waals surface area contributed by atoms with Crippen LogP contribution in [0, 0.1) is 6.92 Å². The van der Waals surface area contributed by atoms with Gasteiger partial charge in [0, 0.05) is 11.8 Å². The number of nitrogens with zero attached hydrogens (tertiary/aromatic N) is 2. The number of ether oxygens (including phenoxy) is 3. The summed E-state index contributed by atoms with van der Waals surface area (Å²) < 4.78 is 16.3. The van der Waals surface area contributed by atoms with Gasteiger partial charge in [-0.3, -0.25) is 5.43 Å². The van der Waals surface area contributed by atoms with Crippen LogP contribution >= 0.6 is 0 Å². The number of nitrogen functional groups attached to an aromatic ring is 1. The lowest BCUT2D eigenvalue weighted by Gasteiger charge is -2.14. The highest BCUT2D eigenvalue weighted by atomic mass is 16.5. The Morgan fingerprint density at radius 3 is 2.35 bits per heavy atom. The van der Waals surface area contributed by atoms with Crippen LogP contribution in [-0.4, -0.2) is 24.2 Å². The number of rotatable bonds is 5. The minimum absolute atomic E-state index is 0.263. The van der Waals surface area contributed by atoms with Crippen molar-refractivity contribution in [2.24, 2.45) is 5.84 Å². The van der Waals surface area contributed by atoms with Crippen molar-refractivity contribution in [2.45, 2.75) is 6.92 Å². The van der Waals surface area contributed by atoms with Crippen molar-refractivity contribution in [2.75, 3.05) is 19.6 Å². The predicted molar refractivity (Wildman–Crippen MR) is 74.2 cm³/mol. The highest BCUT2D eigenvalue weighted by molar-refractivity contribution is 5.53. The summed E-state index contributed by atoms with van der Waals surface area (Å²) in [5.74, 6) is 7.47. The van der Waals surface area contributed by atoms with Crippen molar-refractivity contribution in [1.82, 2.24) is 9.97 Å². The topological polar surface area (TPSA) is 91.5 Å². The van der Waals surface area contributed by atoms with Gasteiger partial charge in [-0.05, 0) is 19.1 Å². The number of nitrogens with two attached hydrogens (primary N) is 1. The lowest BCUT2D eigenvalue weighted by atomic mass is 10.3. The second kappa shape index (κ2) is 6.07. The minimum Gasteiger partial charge on any atom is -0.493 e. The zero-order valence-corrected chi connectivity index (χ0v) is 11.5. The molecule has 1 aromatic heterocycles. The molecule has 2 rings (SSSR count). The number of aryl methyl sites for hydroxylation is 1. The largest absolute Gasteiger partial charge is 0.493 e. The maximum atomic E-state index is 5.80. The zero-order chi connectivity index (χ0) is 14.5. The molecule has 0 aliphatic rings. The van der Waals surface area contributed by atoms with E-state index in [0.29, 0.717) is 23.1 Å². The Morgan fingerprint density at radius 2 is 1.80 bits per heavy atom. The molecule has 1 aromatic carbocycles. The van der Waals surface area contributed by atoms with Crippen LogP contribution in [-0.2, 0) is 0 Å². The number of hydrazine groups is 1. The van der Waals surface area contributed by atoms with E-state index in [0.717, 1.165) is 5.56 Å². The maximum Gasteiger partial charge on any atom is 0.240 e. The standard InChI is InChI=1S/C13H16N4O3/c1-8-7-15-13(17-14)16-12(8)20-11-9(18-2)5-4-6-10(11)19-3/h4-7H,14H2,1-3H3,(H,15,16,17). The Morgan fingerprint density at radius 1 is 1.15 bits per heavy atom. The van der Waals surface area contributed by atoms with Gasteiger partial charge < -0.3 is 14.2 Å². The summed E-state index contributed by atoms with van der Waals surface area (Å²) in [4.78, 5) is 8.15. The highest BCUT2D eigenvalue weighted by Gasteiger charge is 2.15. The fourth-order valence-corrected chi connectivity index (χ4v) is 1.61. The van der Waals surface area contributed by atoms with Crippen molar-refractivity contribution in [3.8, 4) is 23.1 Å². The van der Waals surface area contributed by atoms with Crippen LogP contribution in [0.25, 0.3) is 0 Å². The predicted octanol–water partition coefficient (Wildman–Crippen LogP) is 1.88. The van der Waals surface area contributed by atoms with Crippen LogP contribution in [0.4, 0.5) is 5.95 Å². The summed E-state index contributed by atoms with van der Waals surface area (Å²) in [6, 6.07) is 5.36. The van der Waals surface area contributed by atoms with Gasteiger partial charge in [0.2, 0.25) is 17.6 Å². The quantitative estimate of drug-likeness (QED) is 0.636. The first-order valence-electron chi connectivity index (χ1n) is 5.88. The molecular weight excluding hydrogens is 260 g/mol. The number of methoxy groups -OCH3 is 2. The normalized spacial score (nSPS) is 10.0. The first-order valence-corrected chi connectivity index (χ1v) is 5.88. The van der Waals surface area contributed by atoms with E-state index in [4.69, 9.17) is 20.1 Å². The maximum absolute atomic E-state index is 5.80. The third kappa shape index (κ3) is 2.72. The summed E-state index contributed by atoms with van der Waals surface area (Å²) >= 11 is 0. The molecule has 3 N–H and O–H groups in total. The molecule has 7 nitrogen and oxygen atoms in total. The van der Waals surface area contributed by atoms with Crippen molar-refractivity contribution < 1.29 is 14.2 Å². The molecule has 7 heteroatoms. The SMILES string of the molecule is COc1cccc(OC)c1Oc1nc(NN)ncc1C. The number of benzene rings is 1. The first kappa shape index (κ1) is 13.9. The summed E-state index contributed by atoms with van der Waals surface area (Å²) in [5.41, 5.74) is 3.13. The smallest absolute Gasteiger partial charge is 0.240 e. The average molecular weight is 276 g/mol. The molecule has 0 saturated heterocycles. The van der Waals surface area contributed by atoms with Gasteiger partial charge in [-0.2, -0.15) is 4.98 Å². The van der Waals surface area contributed by atoms with Crippen LogP contribution in [0.1, 0.15) is 5.56 Å². The first-order chi connectivity index (χ1) is 9.69. The number of nitrogens with one attached hydrogen (secondary N) is 1. The summed E-state index contributed by atoms with van der Waals surface area (Å²) in [6.07, 6.45) is 1.61. The van der Waals surface area contributed by atoms with Gasteiger partial charge >= 0.3 is 0 Å². The van der Waals surface area contributed by atoms with E-state index in [-0.39, 0.29) is 5.95 Å². The molecule has 106 valence electrons. The Balaban J connectivity index is 2.43. The molecule has 20 heavy (non-hydrogen) atoms. The molecular formula is C13H16N4O3. The third-order valence-corrected chi connectivity index (χ3v) is 2.64. The molecule has 0 aliphatic heterocycles. The minimum atomic E-state index is 0.263. The van der Waals surface area contributed by atoms with Gasteiger partial charge in [-0.1, -0.05) is 6.07 Å². The van der Waals surface area contributed by atoms with Gasteiger partial charge in [0.1, 0.15) is 0 Å². The van der Waals surface area contributed by atoms with E-state index >= 15 is 0 Å². The number of anilines is 1. The van der Waals surface area contributed by atoms with E-state index in [1.165, 1.54) is 0 Å². The van der Waals surface area contributed by atoms with E-state index in [9.17, 15) is 0 Å². The second-order valence-corrected chi connectivity index (χ2v) is 3.92. The lowest BCUT2D eigenvalue weighted by molar-refractivity contribution is 0.341. The number of para-hydroxylation sites is 1. The van der Waals surface area contributed by atoms with Crippen LogP contribution in [0.3, 0.4) is 0 Å². The molecule has 0 spiro atoms. The monoisotopic (exact) mass is 276 g/mol. The third-order valence-electron chi connectivity index (χ3n) is 2.64. The zero-order valence-electron chi connectivity index (χ0n) is 11.5. The van der Waals surface area contributed by atoms with Gasteiger partial charge in [-0.25, -0.2) is 10.8 Å². The summed E-state index contributed by atoms with van der Waals surface area (Å²) in [7, 11) is 3.11. The van der Waals surface area contributed by atoms with E-state index in [1.54, 1.807) is 32.5 Å². The Hall–Kier alpha value is -2.54. The molecule has 2 aromatic rings. The van der Waals surface area contributed by atoms with E-state index in [1.807, 2.05) is 13.0 Å². The Labute approximate surface area is 116 Å². The molecule has 0 aliphatic carbocycles. The van der Waals surface area contributed by atoms with Crippen LogP contribution in [0.5, 0.6) is 23.1 Å². The van der Waals surface area contributed by atoms with Crippen molar-refractivity contribution in [3.05, 3.63) is 30.0 Å². The molecule has 0 unspecified atom stereocenters. The fourth-order valence-electron chi connectivity index (χ4n) is 1.61. The van der Waals surface area contributed by atoms with Crippen LogP contribution < -0.4 is 25.5 Å². The summed E-state index contributed by atoms with van der Waals surface area (Å²) in [5, 5.41) is 0. The number of aromatic nitrogens is 2. The summed E-state index contributed by atoms with van der Waals surface area (Å²) in [6.45, 7) is 1.83. The molecule has 0 fully saturated rings.